The van der Waals surface area contributed by atoms with E-state index in [1.54, 1.807) is 0 Å². The Morgan fingerprint density at radius 1 is 1.24 bits per heavy atom. The number of nitrogens with one attached hydrogen (secondary N) is 1. The van der Waals surface area contributed by atoms with Crippen molar-refractivity contribution in [3.05, 3.63) is 29.8 Å². The van der Waals surface area contributed by atoms with Gasteiger partial charge in [0.05, 0.1) is 6.61 Å². The molecule has 25 heavy (non-hydrogen) atoms. The number of carbonyl (C=O) groups is 1. The Morgan fingerprint density at radius 3 is 2.72 bits per heavy atom. The number of benzene rings is 1. The molecule has 1 amide bonds. The van der Waals surface area contributed by atoms with Crippen LogP contribution in [0.5, 0.6) is 5.75 Å². The Labute approximate surface area is 149 Å². The molecular formula is C17H27N3O4S. The van der Waals surface area contributed by atoms with E-state index in [0.717, 1.165) is 25.4 Å². The molecule has 1 aliphatic heterocycles. The summed E-state index contributed by atoms with van der Waals surface area (Å²) in [5.74, 6) is -0.469. The number of nitrogens with two attached hydrogens (primary N) is 1. The Morgan fingerprint density at radius 2 is 2.00 bits per heavy atom. The summed E-state index contributed by atoms with van der Waals surface area (Å²) in [4.78, 5) is 13.8. The molecule has 0 aromatic heterocycles. The van der Waals surface area contributed by atoms with Crippen LogP contribution >= 0.6 is 0 Å². The van der Waals surface area contributed by atoms with Crippen LogP contribution in [0.2, 0.25) is 0 Å². The summed E-state index contributed by atoms with van der Waals surface area (Å²) in [6.07, 6.45) is 4.46. The highest BCUT2D eigenvalue weighted by atomic mass is 32.2. The molecule has 0 aliphatic carbocycles. The van der Waals surface area contributed by atoms with E-state index < -0.39 is 21.7 Å². The SMILES string of the molecule is NS(=O)(=O)CC(=O)NCCCOc1cccc(CN2CCCCC2)c1. The van der Waals surface area contributed by atoms with Gasteiger partial charge in [0.25, 0.3) is 0 Å². The van der Waals surface area contributed by atoms with Crippen molar-refractivity contribution < 1.29 is 17.9 Å². The fraction of sp³-hybridized carbons (Fsp3) is 0.588. The van der Waals surface area contributed by atoms with Crippen LogP contribution in [0.4, 0.5) is 0 Å². The predicted molar refractivity (Wildman–Crippen MR) is 96.7 cm³/mol. The van der Waals surface area contributed by atoms with Gasteiger partial charge >= 0.3 is 0 Å². The molecule has 0 bridgehead atoms. The van der Waals surface area contributed by atoms with Crippen LogP contribution < -0.4 is 15.2 Å². The summed E-state index contributed by atoms with van der Waals surface area (Å²) in [5, 5.41) is 7.31. The zero-order valence-electron chi connectivity index (χ0n) is 14.4. The second kappa shape index (κ2) is 9.74. The van der Waals surface area contributed by atoms with E-state index in [-0.39, 0.29) is 0 Å². The third kappa shape index (κ3) is 8.33. The normalized spacial score (nSPS) is 15.7. The predicted octanol–water partition coefficient (Wildman–Crippen LogP) is 0.846. The third-order valence-electron chi connectivity index (χ3n) is 4.00. The van der Waals surface area contributed by atoms with Gasteiger partial charge in [0, 0.05) is 13.1 Å². The number of sulfonamides is 1. The minimum absolute atomic E-state index is 0.349. The number of amides is 1. The molecular weight excluding hydrogens is 342 g/mol. The average molecular weight is 369 g/mol. The van der Waals surface area contributed by atoms with Crippen LogP contribution in [0.1, 0.15) is 31.2 Å². The molecule has 1 aromatic carbocycles. The van der Waals surface area contributed by atoms with Crippen LogP contribution in [0.25, 0.3) is 0 Å². The fourth-order valence-corrected chi connectivity index (χ4v) is 3.30. The van der Waals surface area contributed by atoms with Crippen LogP contribution in [-0.2, 0) is 21.4 Å². The lowest BCUT2D eigenvalue weighted by molar-refractivity contribution is -0.118. The summed E-state index contributed by atoms with van der Waals surface area (Å²) < 4.78 is 27.3. The van der Waals surface area contributed by atoms with Crippen molar-refractivity contribution >= 4 is 15.9 Å². The Hall–Kier alpha value is -1.64. The van der Waals surface area contributed by atoms with E-state index >= 15 is 0 Å². The Balaban J connectivity index is 1.67. The highest BCUT2D eigenvalue weighted by Crippen LogP contribution is 2.17. The molecule has 1 aliphatic rings. The zero-order chi connectivity index (χ0) is 18.1. The molecule has 3 N–H and O–H groups in total. The first kappa shape index (κ1) is 19.7. The number of nitrogens with zero attached hydrogens (tertiary/aromatic N) is 1. The van der Waals surface area contributed by atoms with Crippen molar-refractivity contribution in [1.29, 1.82) is 0 Å². The molecule has 1 heterocycles. The maximum absolute atomic E-state index is 11.3. The number of ether oxygens (including phenoxy) is 1. The van der Waals surface area contributed by atoms with Gasteiger partial charge in [0.2, 0.25) is 15.9 Å². The number of hydrogen-bond donors (Lipinski definition) is 2. The quantitative estimate of drug-likeness (QED) is 0.628. The molecule has 1 fully saturated rings. The van der Waals surface area contributed by atoms with Gasteiger partial charge in [-0.2, -0.15) is 0 Å². The van der Waals surface area contributed by atoms with Crippen LogP contribution in [-0.4, -0.2) is 51.2 Å². The molecule has 0 saturated carbocycles. The number of hydrogen-bond acceptors (Lipinski definition) is 5. The van der Waals surface area contributed by atoms with Gasteiger partial charge in [-0.3, -0.25) is 9.69 Å². The zero-order valence-corrected chi connectivity index (χ0v) is 15.3. The van der Waals surface area contributed by atoms with Crippen molar-refractivity contribution in [3.63, 3.8) is 0 Å². The van der Waals surface area contributed by atoms with Gasteiger partial charge < -0.3 is 10.1 Å². The van der Waals surface area contributed by atoms with E-state index in [0.29, 0.717) is 19.6 Å². The number of piperidine rings is 1. The average Bonchev–Trinajstić information content (AvgIpc) is 2.54. The number of likely N-dealkylation sites (tertiary alicyclic amines) is 1. The lowest BCUT2D eigenvalue weighted by Crippen LogP contribution is -2.34. The second-order valence-electron chi connectivity index (χ2n) is 6.34. The molecule has 1 saturated heterocycles. The summed E-state index contributed by atoms with van der Waals surface area (Å²) >= 11 is 0. The number of carbonyl (C=O) groups excluding carboxylic acids is 1. The smallest absolute Gasteiger partial charge is 0.236 e. The molecule has 0 atom stereocenters. The number of primary sulfonamides is 1. The van der Waals surface area contributed by atoms with E-state index in [4.69, 9.17) is 9.88 Å². The number of rotatable bonds is 9. The molecule has 0 spiro atoms. The first-order valence-electron chi connectivity index (χ1n) is 8.64. The minimum Gasteiger partial charge on any atom is -0.494 e. The summed E-state index contributed by atoms with van der Waals surface area (Å²) in [6.45, 7) is 4.05. The van der Waals surface area contributed by atoms with E-state index in [1.165, 1.54) is 24.8 Å². The van der Waals surface area contributed by atoms with Crippen molar-refractivity contribution in [2.75, 3.05) is 32.0 Å². The summed E-state index contributed by atoms with van der Waals surface area (Å²) in [6, 6.07) is 8.06. The minimum atomic E-state index is -3.77. The van der Waals surface area contributed by atoms with E-state index in [1.807, 2.05) is 18.2 Å². The first-order valence-corrected chi connectivity index (χ1v) is 10.4. The Bertz CT molecular complexity index is 658. The van der Waals surface area contributed by atoms with Gasteiger partial charge in [-0.25, -0.2) is 13.6 Å². The lowest BCUT2D eigenvalue weighted by Gasteiger charge is -2.26. The molecule has 0 unspecified atom stereocenters. The van der Waals surface area contributed by atoms with Gasteiger partial charge in [-0.15, -0.1) is 0 Å². The molecule has 7 nitrogen and oxygen atoms in total. The fourth-order valence-electron chi connectivity index (χ4n) is 2.83. The maximum atomic E-state index is 11.3. The third-order valence-corrected chi connectivity index (χ3v) is 4.66. The van der Waals surface area contributed by atoms with Crippen LogP contribution in [0.15, 0.2) is 24.3 Å². The Kier molecular flexibility index (Phi) is 7.67. The van der Waals surface area contributed by atoms with Crippen molar-refractivity contribution in [3.8, 4) is 5.75 Å². The largest absolute Gasteiger partial charge is 0.494 e. The van der Waals surface area contributed by atoms with Gasteiger partial charge in [0.15, 0.2) is 0 Å². The van der Waals surface area contributed by atoms with E-state index in [2.05, 4.69) is 16.3 Å². The van der Waals surface area contributed by atoms with Crippen LogP contribution in [0.3, 0.4) is 0 Å². The summed E-state index contributed by atoms with van der Waals surface area (Å²) in [7, 11) is -3.77. The lowest BCUT2D eigenvalue weighted by atomic mass is 10.1. The second-order valence-corrected chi connectivity index (χ2v) is 7.96. The van der Waals surface area contributed by atoms with Crippen LogP contribution in [0, 0.1) is 0 Å². The van der Waals surface area contributed by atoms with Crippen molar-refractivity contribution in [2.45, 2.75) is 32.2 Å². The molecule has 1 aromatic rings. The van der Waals surface area contributed by atoms with Crippen molar-refractivity contribution in [1.82, 2.24) is 10.2 Å². The topological polar surface area (TPSA) is 102 Å². The molecule has 140 valence electrons. The highest BCUT2D eigenvalue weighted by Gasteiger charge is 2.11. The van der Waals surface area contributed by atoms with Gasteiger partial charge in [-0.1, -0.05) is 18.6 Å². The maximum Gasteiger partial charge on any atom is 0.236 e. The first-order chi connectivity index (χ1) is 11.9. The molecule has 8 heteroatoms. The highest BCUT2D eigenvalue weighted by molar-refractivity contribution is 7.89. The summed E-state index contributed by atoms with van der Waals surface area (Å²) in [5.41, 5.74) is 1.24. The standard InChI is InChI=1S/C17H27N3O4S/c18-25(22,23)14-17(21)19-8-5-11-24-16-7-4-6-15(12-16)13-20-9-2-1-3-10-20/h4,6-7,12H,1-3,5,8-11,13-14H2,(H,19,21)(H2,18,22,23). The molecule has 0 radical (unpaired) electrons. The molecule has 2 rings (SSSR count). The van der Waals surface area contributed by atoms with Gasteiger partial charge in [0.1, 0.15) is 11.5 Å². The van der Waals surface area contributed by atoms with Crippen molar-refractivity contribution in [2.24, 2.45) is 5.14 Å². The van der Waals surface area contributed by atoms with E-state index in [9.17, 15) is 13.2 Å². The van der Waals surface area contributed by atoms with Gasteiger partial charge in [-0.05, 0) is 50.0 Å². The monoisotopic (exact) mass is 369 g/mol.